The van der Waals surface area contributed by atoms with E-state index in [0.29, 0.717) is 0 Å². The van der Waals surface area contributed by atoms with Gasteiger partial charge >= 0.3 is 0 Å². The first kappa shape index (κ1) is 13.7. The Hall–Kier alpha value is 0.270. The van der Waals surface area contributed by atoms with E-state index in [-0.39, 0.29) is 0 Å². The van der Waals surface area contributed by atoms with E-state index in [4.69, 9.17) is 0 Å². The number of nitrogens with zero attached hydrogens (tertiary/aromatic N) is 1. The van der Waals surface area contributed by atoms with E-state index in [1.807, 2.05) is 0 Å². The van der Waals surface area contributed by atoms with Gasteiger partial charge in [-0.1, -0.05) is 6.92 Å². The third-order valence-electron chi connectivity index (χ3n) is 4.10. The van der Waals surface area contributed by atoms with Crippen molar-refractivity contribution in [2.75, 3.05) is 31.1 Å². The minimum Gasteiger partial charge on any atom is -0.314 e. The van der Waals surface area contributed by atoms with Crippen molar-refractivity contribution < 1.29 is 0 Å². The van der Waals surface area contributed by atoms with E-state index in [9.17, 15) is 0 Å². The molecule has 0 aromatic rings. The van der Waals surface area contributed by atoms with Crippen LogP contribution >= 0.6 is 11.8 Å². The summed E-state index contributed by atoms with van der Waals surface area (Å²) in [6.45, 7) is 8.59. The Balaban J connectivity index is 1.58. The number of rotatable bonds is 8. The van der Waals surface area contributed by atoms with Gasteiger partial charge in [-0.25, -0.2) is 0 Å². The van der Waals surface area contributed by atoms with Gasteiger partial charge in [0, 0.05) is 18.6 Å². The molecule has 1 saturated heterocycles. The summed E-state index contributed by atoms with van der Waals surface area (Å²) in [5.74, 6) is 3.51. The smallest absolute Gasteiger partial charge is 0.00749 e. The zero-order chi connectivity index (χ0) is 12.1. The van der Waals surface area contributed by atoms with Gasteiger partial charge in [-0.2, -0.15) is 11.8 Å². The van der Waals surface area contributed by atoms with Crippen molar-refractivity contribution in [3.05, 3.63) is 0 Å². The van der Waals surface area contributed by atoms with Gasteiger partial charge in [-0.15, -0.1) is 0 Å². The molecular formula is C14H28N2S. The Bertz CT molecular complexity index is 218. The molecule has 2 atom stereocenters. The Kier molecular flexibility index (Phi) is 5.64. The summed E-state index contributed by atoms with van der Waals surface area (Å²) < 4.78 is 0. The average molecular weight is 256 g/mol. The third kappa shape index (κ3) is 4.80. The standard InChI is InChI=1S/C14H28N2S/c1-3-17-9-7-12(2)16-8-6-13(11-16)10-15-14-4-5-14/h12-15H,3-11H2,1-2H3. The lowest BCUT2D eigenvalue weighted by Gasteiger charge is -2.24. The lowest BCUT2D eigenvalue weighted by Crippen LogP contribution is -2.33. The molecule has 1 aliphatic heterocycles. The fraction of sp³-hybridized carbons (Fsp3) is 1.00. The first-order valence-corrected chi connectivity index (χ1v) is 8.50. The van der Waals surface area contributed by atoms with Crippen LogP contribution in [0.25, 0.3) is 0 Å². The SMILES string of the molecule is CCSCCC(C)N1CCC(CNC2CC2)C1. The molecule has 0 radical (unpaired) electrons. The summed E-state index contributed by atoms with van der Waals surface area (Å²) in [5, 5.41) is 3.68. The van der Waals surface area contributed by atoms with E-state index >= 15 is 0 Å². The van der Waals surface area contributed by atoms with E-state index in [1.54, 1.807) is 0 Å². The van der Waals surface area contributed by atoms with Crippen LogP contribution in [0, 0.1) is 5.92 Å². The molecule has 0 spiro atoms. The molecule has 0 bridgehead atoms. The van der Waals surface area contributed by atoms with Gasteiger partial charge in [-0.05, 0) is 63.1 Å². The van der Waals surface area contributed by atoms with Gasteiger partial charge in [0.2, 0.25) is 0 Å². The van der Waals surface area contributed by atoms with Gasteiger partial charge < -0.3 is 10.2 Å². The van der Waals surface area contributed by atoms with E-state index in [2.05, 4.69) is 35.8 Å². The lowest BCUT2D eigenvalue weighted by atomic mass is 10.1. The van der Waals surface area contributed by atoms with Gasteiger partial charge in [0.05, 0.1) is 0 Å². The molecular weight excluding hydrogens is 228 g/mol. The van der Waals surface area contributed by atoms with E-state index < -0.39 is 0 Å². The van der Waals surface area contributed by atoms with Gasteiger partial charge in [0.15, 0.2) is 0 Å². The lowest BCUT2D eigenvalue weighted by molar-refractivity contribution is 0.244. The highest BCUT2D eigenvalue weighted by Crippen LogP contribution is 2.23. The highest BCUT2D eigenvalue weighted by Gasteiger charge is 2.27. The summed E-state index contributed by atoms with van der Waals surface area (Å²) in [7, 11) is 0. The van der Waals surface area contributed by atoms with Crippen LogP contribution in [-0.4, -0.2) is 48.1 Å². The molecule has 2 fully saturated rings. The molecule has 1 N–H and O–H groups in total. The number of hydrogen-bond acceptors (Lipinski definition) is 3. The van der Waals surface area contributed by atoms with Crippen molar-refractivity contribution >= 4 is 11.8 Å². The number of nitrogens with one attached hydrogen (secondary N) is 1. The molecule has 2 nitrogen and oxygen atoms in total. The summed E-state index contributed by atoms with van der Waals surface area (Å²) in [6.07, 6.45) is 5.61. The van der Waals surface area contributed by atoms with Crippen LogP contribution in [0.4, 0.5) is 0 Å². The first-order valence-electron chi connectivity index (χ1n) is 7.34. The molecule has 3 heteroatoms. The summed E-state index contributed by atoms with van der Waals surface area (Å²) >= 11 is 2.08. The van der Waals surface area contributed by atoms with Crippen LogP contribution in [0.3, 0.4) is 0 Å². The van der Waals surface area contributed by atoms with Crippen LogP contribution in [0.5, 0.6) is 0 Å². The topological polar surface area (TPSA) is 15.3 Å². The molecule has 17 heavy (non-hydrogen) atoms. The van der Waals surface area contributed by atoms with Crippen LogP contribution in [0.1, 0.15) is 39.5 Å². The minimum atomic E-state index is 0.792. The van der Waals surface area contributed by atoms with E-state index in [0.717, 1.165) is 18.0 Å². The zero-order valence-electron chi connectivity index (χ0n) is 11.5. The molecule has 0 amide bonds. The molecule has 1 saturated carbocycles. The van der Waals surface area contributed by atoms with Gasteiger partial charge in [-0.3, -0.25) is 0 Å². The van der Waals surface area contributed by atoms with Crippen molar-refractivity contribution in [1.29, 1.82) is 0 Å². The molecule has 0 aromatic carbocycles. The van der Waals surface area contributed by atoms with Gasteiger partial charge in [0.1, 0.15) is 0 Å². The molecule has 1 aliphatic carbocycles. The van der Waals surface area contributed by atoms with Crippen LogP contribution in [0.2, 0.25) is 0 Å². The number of hydrogen-bond donors (Lipinski definition) is 1. The molecule has 1 heterocycles. The zero-order valence-corrected chi connectivity index (χ0v) is 12.3. The van der Waals surface area contributed by atoms with Crippen molar-refractivity contribution in [3.8, 4) is 0 Å². The van der Waals surface area contributed by atoms with Crippen LogP contribution in [0.15, 0.2) is 0 Å². The molecule has 2 unspecified atom stereocenters. The monoisotopic (exact) mass is 256 g/mol. The minimum absolute atomic E-state index is 0.792. The Morgan fingerprint density at radius 3 is 2.88 bits per heavy atom. The molecule has 100 valence electrons. The summed E-state index contributed by atoms with van der Waals surface area (Å²) in [6, 6.07) is 1.67. The van der Waals surface area contributed by atoms with Crippen LogP contribution in [-0.2, 0) is 0 Å². The maximum absolute atomic E-state index is 3.68. The fourth-order valence-corrected chi connectivity index (χ4v) is 3.43. The highest BCUT2D eigenvalue weighted by molar-refractivity contribution is 7.99. The quantitative estimate of drug-likeness (QED) is 0.672. The van der Waals surface area contributed by atoms with Crippen LogP contribution < -0.4 is 5.32 Å². The number of likely N-dealkylation sites (tertiary alicyclic amines) is 1. The molecule has 2 aliphatic rings. The first-order chi connectivity index (χ1) is 8.29. The fourth-order valence-electron chi connectivity index (χ4n) is 2.63. The maximum atomic E-state index is 3.68. The van der Waals surface area contributed by atoms with Crippen molar-refractivity contribution in [2.45, 2.75) is 51.6 Å². The second-order valence-corrected chi connectivity index (χ2v) is 7.06. The second kappa shape index (κ2) is 7.01. The van der Waals surface area contributed by atoms with E-state index in [1.165, 1.54) is 56.8 Å². The summed E-state index contributed by atoms with van der Waals surface area (Å²) in [5.41, 5.74) is 0. The largest absolute Gasteiger partial charge is 0.314 e. The predicted octanol–water partition coefficient (Wildman–Crippen LogP) is 2.59. The maximum Gasteiger partial charge on any atom is 0.00749 e. The number of thioether (sulfide) groups is 1. The normalized spacial score (nSPS) is 27.5. The summed E-state index contributed by atoms with van der Waals surface area (Å²) in [4.78, 5) is 2.70. The predicted molar refractivity (Wildman–Crippen MR) is 77.8 cm³/mol. The second-order valence-electron chi connectivity index (χ2n) is 5.67. The molecule has 2 rings (SSSR count). The van der Waals surface area contributed by atoms with Crippen molar-refractivity contribution in [3.63, 3.8) is 0 Å². The molecule has 0 aromatic heterocycles. The average Bonchev–Trinajstić information content (AvgIpc) is 3.04. The Labute approximate surface area is 111 Å². The Morgan fingerprint density at radius 2 is 2.18 bits per heavy atom. The highest BCUT2D eigenvalue weighted by atomic mass is 32.2. The van der Waals surface area contributed by atoms with Gasteiger partial charge in [0.25, 0.3) is 0 Å². The van der Waals surface area contributed by atoms with Crippen molar-refractivity contribution in [2.24, 2.45) is 5.92 Å². The third-order valence-corrected chi connectivity index (χ3v) is 5.03. The van der Waals surface area contributed by atoms with Crippen molar-refractivity contribution in [1.82, 2.24) is 10.2 Å². The Morgan fingerprint density at radius 1 is 1.35 bits per heavy atom.